The van der Waals surface area contributed by atoms with E-state index in [-0.39, 0.29) is 6.71 Å². The molecule has 0 aromatic heterocycles. The van der Waals surface area contributed by atoms with Crippen molar-refractivity contribution in [3.63, 3.8) is 0 Å². The second kappa shape index (κ2) is 8.98. The third-order valence-electron chi connectivity index (χ3n) is 8.58. The minimum Gasteiger partial charge on any atom is -0.486 e. The Hall–Kier alpha value is -5.04. The van der Waals surface area contributed by atoms with Crippen molar-refractivity contribution >= 4 is 57.2 Å². The van der Waals surface area contributed by atoms with Gasteiger partial charge < -0.3 is 28.7 Å². The molecular formula is C35H27BN2O4. The third kappa shape index (κ3) is 3.28. The Morgan fingerprint density at radius 1 is 0.548 bits per heavy atom. The zero-order chi connectivity index (χ0) is 27.8. The fourth-order valence-corrected chi connectivity index (χ4v) is 7.00. The summed E-state index contributed by atoms with van der Waals surface area (Å²) >= 11 is 0. The summed E-state index contributed by atoms with van der Waals surface area (Å²) in [7, 11) is 0. The molecule has 0 spiro atoms. The van der Waals surface area contributed by atoms with E-state index in [0.717, 1.165) is 57.1 Å². The minimum absolute atomic E-state index is 0.0489. The van der Waals surface area contributed by atoms with Gasteiger partial charge in [-0.1, -0.05) is 48.5 Å². The van der Waals surface area contributed by atoms with Crippen LogP contribution in [0.3, 0.4) is 0 Å². The van der Waals surface area contributed by atoms with Crippen LogP contribution in [0, 0.1) is 6.92 Å². The predicted molar refractivity (Wildman–Crippen MR) is 167 cm³/mol. The highest BCUT2D eigenvalue weighted by Gasteiger charge is 2.46. The van der Waals surface area contributed by atoms with Gasteiger partial charge in [0.25, 0.3) is 6.71 Å². The van der Waals surface area contributed by atoms with E-state index in [2.05, 4.69) is 114 Å². The second-order valence-electron chi connectivity index (χ2n) is 11.0. The van der Waals surface area contributed by atoms with Crippen LogP contribution in [0.25, 0.3) is 0 Å². The summed E-state index contributed by atoms with van der Waals surface area (Å²) in [6.07, 6.45) is 0. The van der Waals surface area contributed by atoms with Crippen molar-refractivity contribution in [2.45, 2.75) is 6.92 Å². The summed E-state index contributed by atoms with van der Waals surface area (Å²) in [4.78, 5) is 4.72. The molecule has 0 atom stereocenters. The van der Waals surface area contributed by atoms with Crippen molar-refractivity contribution < 1.29 is 18.9 Å². The van der Waals surface area contributed by atoms with Crippen LogP contribution in [0.5, 0.6) is 23.0 Å². The topological polar surface area (TPSA) is 43.4 Å². The standard InChI is InChI=1S/C35H27BN2O4/c1-22-20-27-31-28(21-22)38(24-10-6-3-7-11-24)33-26(13-15-30-35(33)42-19-17-40-30)36(31)25-12-14-29-34(41-18-16-39-29)32(25)37(27)23-8-4-2-5-9-23/h2-15,20-21H,16-19H2,1H3. The number of hydrogen-bond acceptors (Lipinski definition) is 6. The Morgan fingerprint density at radius 3 is 1.48 bits per heavy atom. The number of ether oxygens (including phenoxy) is 4. The van der Waals surface area contributed by atoms with Gasteiger partial charge in [0.05, 0.1) is 11.4 Å². The Balaban J connectivity index is 1.42. The van der Waals surface area contributed by atoms with Crippen LogP contribution in [-0.4, -0.2) is 33.1 Å². The maximum Gasteiger partial charge on any atom is 0.252 e. The first kappa shape index (κ1) is 23.6. The van der Waals surface area contributed by atoms with E-state index in [1.807, 2.05) is 0 Å². The zero-order valence-corrected chi connectivity index (χ0v) is 23.2. The van der Waals surface area contributed by atoms with Crippen molar-refractivity contribution in [3.8, 4) is 23.0 Å². The number of hydrogen-bond donors (Lipinski definition) is 0. The molecule has 0 bridgehead atoms. The molecule has 42 heavy (non-hydrogen) atoms. The van der Waals surface area contributed by atoms with Gasteiger partial charge in [-0.05, 0) is 77.4 Å². The molecule has 0 amide bonds. The smallest absolute Gasteiger partial charge is 0.252 e. The molecule has 0 radical (unpaired) electrons. The van der Waals surface area contributed by atoms with Crippen molar-refractivity contribution in [1.29, 1.82) is 0 Å². The second-order valence-corrected chi connectivity index (χ2v) is 11.0. The van der Waals surface area contributed by atoms with Gasteiger partial charge in [0.15, 0.2) is 23.0 Å². The van der Waals surface area contributed by atoms with Crippen LogP contribution in [0.2, 0.25) is 0 Å². The summed E-state index contributed by atoms with van der Waals surface area (Å²) in [6.45, 7) is 4.23. The molecule has 6 nitrogen and oxygen atoms in total. The average molecular weight is 550 g/mol. The van der Waals surface area contributed by atoms with Crippen LogP contribution in [0.15, 0.2) is 97.1 Å². The van der Waals surface area contributed by atoms with Gasteiger partial charge in [-0.2, -0.15) is 0 Å². The average Bonchev–Trinajstić information content (AvgIpc) is 3.05. The Morgan fingerprint density at radius 2 is 1.00 bits per heavy atom. The molecule has 0 saturated heterocycles. The highest BCUT2D eigenvalue weighted by atomic mass is 16.6. The van der Waals surface area contributed by atoms with Crippen molar-refractivity contribution in [2.75, 3.05) is 36.2 Å². The van der Waals surface area contributed by atoms with Gasteiger partial charge in [0.2, 0.25) is 0 Å². The Kier molecular flexibility index (Phi) is 5.06. The number of benzene rings is 5. The first-order chi connectivity index (χ1) is 20.8. The number of fused-ring (bicyclic) bond motifs is 8. The van der Waals surface area contributed by atoms with E-state index >= 15 is 0 Å². The van der Waals surface area contributed by atoms with Gasteiger partial charge in [0.1, 0.15) is 26.4 Å². The lowest BCUT2D eigenvalue weighted by Crippen LogP contribution is -2.61. The molecule has 4 aliphatic heterocycles. The summed E-state index contributed by atoms with van der Waals surface area (Å²) in [5, 5.41) is 0. The lowest BCUT2D eigenvalue weighted by molar-refractivity contribution is 0.172. The highest BCUT2D eigenvalue weighted by Crippen LogP contribution is 2.52. The number of anilines is 6. The van der Waals surface area contributed by atoms with E-state index in [9.17, 15) is 0 Å². The monoisotopic (exact) mass is 550 g/mol. The summed E-state index contributed by atoms with van der Waals surface area (Å²) in [5.74, 6) is 3.14. The normalized spacial score (nSPS) is 15.5. The van der Waals surface area contributed by atoms with Crippen LogP contribution in [-0.2, 0) is 0 Å². The maximum absolute atomic E-state index is 6.41. The number of nitrogens with zero attached hydrogens (tertiary/aromatic N) is 2. The first-order valence-corrected chi connectivity index (χ1v) is 14.5. The largest absolute Gasteiger partial charge is 0.486 e. The zero-order valence-electron chi connectivity index (χ0n) is 23.2. The lowest BCUT2D eigenvalue weighted by Gasteiger charge is -2.45. The fourth-order valence-electron chi connectivity index (χ4n) is 7.00. The van der Waals surface area contributed by atoms with E-state index in [1.165, 1.54) is 22.0 Å². The number of aryl methyl sites for hydroxylation is 1. The molecule has 5 aromatic carbocycles. The fraction of sp³-hybridized carbons (Fsp3) is 0.143. The molecule has 0 aliphatic carbocycles. The van der Waals surface area contributed by atoms with E-state index in [0.29, 0.717) is 26.4 Å². The predicted octanol–water partition coefficient (Wildman–Crippen LogP) is 5.62. The minimum atomic E-state index is -0.0489. The Bertz CT molecular complexity index is 1750. The molecule has 0 saturated carbocycles. The number of para-hydroxylation sites is 2. The molecule has 204 valence electrons. The van der Waals surface area contributed by atoms with E-state index in [4.69, 9.17) is 18.9 Å². The summed E-state index contributed by atoms with van der Waals surface area (Å²) < 4.78 is 25.0. The molecule has 7 heteroatoms. The Labute approximate surface area is 244 Å². The van der Waals surface area contributed by atoms with Gasteiger partial charge >= 0.3 is 0 Å². The van der Waals surface area contributed by atoms with Crippen molar-refractivity contribution in [2.24, 2.45) is 0 Å². The van der Waals surface area contributed by atoms with Crippen LogP contribution in [0.4, 0.5) is 34.1 Å². The number of rotatable bonds is 2. The van der Waals surface area contributed by atoms with Crippen molar-refractivity contribution in [1.82, 2.24) is 0 Å². The van der Waals surface area contributed by atoms with Gasteiger partial charge in [-0.3, -0.25) is 0 Å². The van der Waals surface area contributed by atoms with Gasteiger partial charge in [0, 0.05) is 22.7 Å². The maximum atomic E-state index is 6.41. The molecule has 0 N–H and O–H groups in total. The molecule has 4 heterocycles. The van der Waals surface area contributed by atoms with Crippen LogP contribution in [0.1, 0.15) is 5.56 Å². The van der Waals surface area contributed by atoms with Crippen LogP contribution < -0.4 is 45.1 Å². The molecule has 9 rings (SSSR count). The molecule has 5 aromatic rings. The third-order valence-corrected chi connectivity index (χ3v) is 8.58. The SMILES string of the molecule is Cc1cc2c3c(c1)N(c1ccccc1)c1c(ccc4c1OCCO4)B3c1ccc3c(c1N2c1ccccc1)OCCO3. The quantitative estimate of drug-likeness (QED) is 0.261. The van der Waals surface area contributed by atoms with Gasteiger partial charge in [-0.15, -0.1) is 0 Å². The summed E-state index contributed by atoms with van der Waals surface area (Å²) in [6, 6.07) is 34.3. The van der Waals surface area contributed by atoms with Crippen molar-refractivity contribution in [3.05, 3.63) is 103 Å². The summed E-state index contributed by atoms with van der Waals surface area (Å²) in [5.41, 5.74) is 11.2. The lowest BCUT2D eigenvalue weighted by atomic mass is 9.33. The molecular weight excluding hydrogens is 523 g/mol. The molecule has 4 aliphatic rings. The van der Waals surface area contributed by atoms with E-state index in [1.54, 1.807) is 0 Å². The molecule has 0 unspecified atom stereocenters. The van der Waals surface area contributed by atoms with Gasteiger partial charge in [-0.25, -0.2) is 0 Å². The molecule has 0 fully saturated rings. The highest BCUT2D eigenvalue weighted by molar-refractivity contribution is 7.00. The van der Waals surface area contributed by atoms with E-state index < -0.39 is 0 Å². The van der Waals surface area contributed by atoms with Crippen LogP contribution >= 0.6 is 0 Å². The first-order valence-electron chi connectivity index (χ1n) is 14.5.